The number of fused-ring (bicyclic) bond motifs is 1. The Morgan fingerprint density at radius 1 is 1.24 bits per heavy atom. The van der Waals surface area contributed by atoms with Crippen LogP contribution in [-0.4, -0.2) is 0 Å². The van der Waals surface area contributed by atoms with Crippen LogP contribution in [0.2, 0.25) is 0 Å². The van der Waals surface area contributed by atoms with Gasteiger partial charge in [-0.15, -0.1) is 0 Å². The van der Waals surface area contributed by atoms with Gasteiger partial charge in [0.2, 0.25) is 0 Å². The zero-order valence-electron chi connectivity index (χ0n) is 11.9. The Labute approximate surface area is 124 Å². The van der Waals surface area contributed by atoms with Crippen molar-refractivity contribution in [3.63, 3.8) is 0 Å². The van der Waals surface area contributed by atoms with Crippen LogP contribution in [0.5, 0.6) is 0 Å². The molecule has 3 rings (SSSR count). The summed E-state index contributed by atoms with van der Waals surface area (Å²) in [6, 6.07) is 15.3. The number of hydrogen-bond acceptors (Lipinski definition) is 2. The fourth-order valence-electron chi connectivity index (χ4n) is 3.00. The van der Waals surface area contributed by atoms with Crippen molar-refractivity contribution in [1.82, 2.24) is 5.32 Å². The van der Waals surface area contributed by atoms with E-state index in [1.165, 1.54) is 11.6 Å². The van der Waals surface area contributed by atoms with Crippen molar-refractivity contribution < 1.29 is 4.39 Å². The number of nitrogens with zero attached hydrogens (tertiary/aromatic N) is 1. The highest BCUT2D eigenvalue weighted by Crippen LogP contribution is 2.33. The standard InChI is InChI=1S/C18H17FN2/c1-12(14-4-2-13(11-20)3-5-14)21-18-9-6-15-10-16(19)7-8-17(15)18/h2-5,7-8,10,12,18,21H,6,9H2,1H3. The van der Waals surface area contributed by atoms with Crippen molar-refractivity contribution in [2.24, 2.45) is 0 Å². The van der Waals surface area contributed by atoms with Crippen LogP contribution in [0.4, 0.5) is 4.39 Å². The third-order valence-electron chi connectivity index (χ3n) is 4.17. The molecule has 21 heavy (non-hydrogen) atoms. The molecule has 1 N–H and O–H groups in total. The summed E-state index contributed by atoms with van der Waals surface area (Å²) in [6.07, 6.45) is 1.92. The molecule has 106 valence electrons. The fourth-order valence-corrected chi connectivity index (χ4v) is 3.00. The SMILES string of the molecule is CC(NC1CCc2cc(F)ccc21)c1ccc(C#N)cc1. The van der Waals surface area contributed by atoms with Gasteiger partial charge >= 0.3 is 0 Å². The van der Waals surface area contributed by atoms with E-state index >= 15 is 0 Å². The van der Waals surface area contributed by atoms with Gasteiger partial charge in [-0.25, -0.2) is 4.39 Å². The third-order valence-corrected chi connectivity index (χ3v) is 4.17. The summed E-state index contributed by atoms with van der Waals surface area (Å²) in [5.41, 5.74) is 4.15. The van der Waals surface area contributed by atoms with Crippen LogP contribution in [0, 0.1) is 17.1 Å². The highest BCUT2D eigenvalue weighted by atomic mass is 19.1. The first kappa shape index (κ1) is 13.8. The summed E-state index contributed by atoms with van der Waals surface area (Å²) in [6.45, 7) is 2.11. The number of halogens is 1. The van der Waals surface area contributed by atoms with Gasteiger partial charge in [0.15, 0.2) is 0 Å². The van der Waals surface area contributed by atoms with Gasteiger partial charge in [-0.2, -0.15) is 5.26 Å². The van der Waals surface area contributed by atoms with Crippen LogP contribution in [0.3, 0.4) is 0 Å². The molecule has 2 nitrogen and oxygen atoms in total. The lowest BCUT2D eigenvalue weighted by molar-refractivity contribution is 0.465. The normalized spacial score (nSPS) is 18.0. The molecular weight excluding hydrogens is 263 g/mol. The topological polar surface area (TPSA) is 35.8 Å². The predicted octanol–water partition coefficient (Wildman–Crippen LogP) is 4.04. The first-order valence-corrected chi connectivity index (χ1v) is 7.22. The van der Waals surface area contributed by atoms with Crippen molar-refractivity contribution >= 4 is 0 Å². The molecule has 2 aromatic carbocycles. The highest BCUT2D eigenvalue weighted by Gasteiger charge is 2.24. The minimum absolute atomic E-state index is 0.158. The van der Waals surface area contributed by atoms with Crippen LogP contribution < -0.4 is 5.32 Å². The average Bonchev–Trinajstić information content (AvgIpc) is 2.89. The Morgan fingerprint density at radius 3 is 2.71 bits per heavy atom. The molecule has 0 heterocycles. The molecule has 0 bridgehead atoms. The average molecular weight is 280 g/mol. The van der Waals surface area contributed by atoms with Crippen LogP contribution in [0.15, 0.2) is 42.5 Å². The number of nitrogens with one attached hydrogen (secondary N) is 1. The van der Waals surface area contributed by atoms with Crippen molar-refractivity contribution in [2.45, 2.75) is 31.8 Å². The molecule has 0 amide bonds. The van der Waals surface area contributed by atoms with E-state index < -0.39 is 0 Å². The van der Waals surface area contributed by atoms with Gasteiger partial charge in [-0.05, 0) is 60.7 Å². The van der Waals surface area contributed by atoms with Crippen LogP contribution in [0.1, 0.15) is 47.7 Å². The Morgan fingerprint density at radius 2 is 2.00 bits per heavy atom. The van der Waals surface area contributed by atoms with E-state index in [2.05, 4.69) is 18.3 Å². The maximum atomic E-state index is 13.2. The molecule has 3 heteroatoms. The van der Waals surface area contributed by atoms with Crippen molar-refractivity contribution in [3.05, 3.63) is 70.5 Å². The summed E-state index contributed by atoms with van der Waals surface area (Å²) < 4.78 is 13.2. The maximum absolute atomic E-state index is 13.2. The van der Waals surface area contributed by atoms with Crippen molar-refractivity contribution in [1.29, 1.82) is 5.26 Å². The molecule has 2 atom stereocenters. The van der Waals surface area contributed by atoms with E-state index in [9.17, 15) is 4.39 Å². The molecule has 0 saturated carbocycles. The molecule has 0 aromatic heterocycles. The van der Waals surface area contributed by atoms with Gasteiger partial charge in [0.05, 0.1) is 11.6 Å². The van der Waals surface area contributed by atoms with Gasteiger partial charge in [-0.1, -0.05) is 18.2 Å². The predicted molar refractivity (Wildman–Crippen MR) is 80.2 cm³/mol. The minimum Gasteiger partial charge on any atom is -0.303 e. The van der Waals surface area contributed by atoms with Crippen molar-refractivity contribution in [2.75, 3.05) is 0 Å². The summed E-state index contributed by atoms with van der Waals surface area (Å²) in [7, 11) is 0. The van der Waals surface area contributed by atoms with Crippen molar-refractivity contribution in [3.8, 4) is 6.07 Å². The Balaban J connectivity index is 1.74. The monoisotopic (exact) mass is 280 g/mol. The lowest BCUT2D eigenvalue weighted by atomic mass is 10.0. The molecule has 1 aliphatic carbocycles. The zero-order valence-corrected chi connectivity index (χ0v) is 11.9. The van der Waals surface area contributed by atoms with E-state index in [0.717, 1.165) is 24.0 Å². The zero-order chi connectivity index (χ0) is 14.8. The van der Waals surface area contributed by atoms with E-state index in [4.69, 9.17) is 5.26 Å². The highest BCUT2D eigenvalue weighted by molar-refractivity contribution is 5.36. The molecule has 0 aliphatic heterocycles. The summed E-state index contributed by atoms with van der Waals surface area (Å²) in [5, 5.41) is 12.4. The second-order valence-electron chi connectivity index (χ2n) is 5.56. The largest absolute Gasteiger partial charge is 0.303 e. The first-order chi connectivity index (χ1) is 10.2. The summed E-state index contributed by atoms with van der Waals surface area (Å²) in [5.74, 6) is -0.158. The van der Waals surface area contributed by atoms with Gasteiger partial charge < -0.3 is 5.32 Å². The van der Waals surface area contributed by atoms with E-state index in [1.807, 2.05) is 30.3 Å². The number of aryl methyl sites for hydroxylation is 1. The smallest absolute Gasteiger partial charge is 0.123 e. The second-order valence-corrected chi connectivity index (χ2v) is 5.56. The molecule has 2 aromatic rings. The fraction of sp³-hybridized carbons (Fsp3) is 0.278. The summed E-state index contributed by atoms with van der Waals surface area (Å²) in [4.78, 5) is 0. The minimum atomic E-state index is -0.158. The maximum Gasteiger partial charge on any atom is 0.123 e. The Hall–Kier alpha value is -2.18. The molecule has 0 fully saturated rings. The van der Waals surface area contributed by atoms with Crippen LogP contribution in [0.25, 0.3) is 0 Å². The quantitative estimate of drug-likeness (QED) is 0.921. The van der Waals surface area contributed by atoms with Gasteiger partial charge in [0.1, 0.15) is 5.82 Å². The van der Waals surface area contributed by atoms with E-state index in [-0.39, 0.29) is 17.9 Å². The van der Waals surface area contributed by atoms with E-state index in [0.29, 0.717) is 5.56 Å². The van der Waals surface area contributed by atoms with Crippen LogP contribution >= 0.6 is 0 Å². The Kier molecular flexibility index (Phi) is 3.72. The van der Waals surface area contributed by atoms with Gasteiger partial charge in [0.25, 0.3) is 0 Å². The lowest BCUT2D eigenvalue weighted by Gasteiger charge is -2.21. The summed E-state index contributed by atoms with van der Waals surface area (Å²) >= 11 is 0. The Bertz CT molecular complexity index is 685. The van der Waals surface area contributed by atoms with Crippen LogP contribution in [-0.2, 0) is 6.42 Å². The third kappa shape index (κ3) is 2.81. The molecule has 0 saturated heterocycles. The number of hydrogen-bond donors (Lipinski definition) is 1. The second kappa shape index (κ2) is 5.67. The molecule has 2 unspecified atom stereocenters. The molecule has 0 radical (unpaired) electrons. The lowest BCUT2D eigenvalue weighted by Crippen LogP contribution is -2.23. The number of benzene rings is 2. The number of nitriles is 1. The first-order valence-electron chi connectivity index (χ1n) is 7.22. The molecule has 0 spiro atoms. The van der Waals surface area contributed by atoms with Gasteiger partial charge in [0, 0.05) is 12.1 Å². The number of rotatable bonds is 3. The van der Waals surface area contributed by atoms with E-state index in [1.54, 1.807) is 6.07 Å². The van der Waals surface area contributed by atoms with Gasteiger partial charge in [-0.3, -0.25) is 0 Å². The molecule has 1 aliphatic rings. The molecular formula is C18H17FN2.